The van der Waals surface area contributed by atoms with Crippen LogP contribution in [-0.2, 0) is 6.54 Å². The Hall–Kier alpha value is -0.680. The van der Waals surface area contributed by atoms with Crippen LogP contribution >= 0.6 is 24.8 Å². The summed E-state index contributed by atoms with van der Waals surface area (Å²) in [7, 11) is 1.84. The van der Waals surface area contributed by atoms with Gasteiger partial charge in [0.05, 0.1) is 0 Å². The maximum atomic E-state index is 5.25. The molecule has 1 aliphatic heterocycles. The zero-order valence-corrected chi connectivity index (χ0v) is 9.91. The molecule has 0 aliphatic carbocycles. The normalized spacial score (nSPS) is 11.5. The average molecular weight is 253 g/mol. The third-order valence-corrected chi connectivity index (χ3v) is 1.91. The number of nitrogens with one attached hydrogen (secondary N) is 2. The van der Waals surface area contributed by atoms with E-state index in [2.05, 4.69) is 10.9 Å². The van der Waals surface area contributed by atoms with Crippen LogP contribution in [0.1, 0.15) is 5.56 Å². The van der Waals surface area contributed by atoms with Gasteiger partial charge in [-0.2, -0.15) is 0 Å². The Kier molecular flexibility index (Phi) is 6.43. The number of rotatable bonds is 3. The molecule has 1 aromatic rings. The van der Waals surface area contributed by atoms with Crippen LogP contribution < -0.4 is 20.3 Å². The van der Waals surface area contributed by atoms with Crippen LogP contribution in [0.2, 0.25) is 0 Å². The topological polar surface area (TPSA) is 42.5 Å². The highest BCUT2D eigenvalue weighted by molar-refractivity contribution is 5.85. The molecule has 1 aromatic carbocycles. The number of hydrazine groups is 1. The predicted molar refractivity (Wildman–Crippen MR) is 63.0 cm³/mol. The molecule has 0 saturated heterocycles. The Morgan fingerprint density at radius 2 is 1.93 bits per heavy atom. The minimum Gasteiger partial charge on any atom is -0.454 e. The average Bonchev–Trinajstić information content (AvgIpc) is 2.61. The molecule has 15 heavy (non-hydrogen) atoms. The molecule has 0 unspecified atom stereocenters. The fraction of sp³-hybridized carbons (Fsp3) is 0.333. The molecule has 86 valence electrons. The Morgan fingerprint density at radius 1 is 1.20 bits per heavy atom. The SMILES string of the molecule is CNNCc1ccc2c(c1)OCO2.Cl.Cl. The molecule has 6 heteroatoms. The molecule has 0 atom stereocenters. The number of benzene rings is 1. The van der Waals surface area contributed by atoms with E-state index in [0.717, 1.165) is 18.0 Å². The van der Waals surface area contributed by atoms with Crippen LogP contribution in [-0.4, -0.2) is 13.8 Å². The van der Waals surface area contributed by atoms with E-state index in [-0.39, 0.29) is 24.8 Å². The van der Waals surface area contributed by atoms with Gasteiger partial charge in [-0.05, 0) is 24.7 Å². The summed E-state index contributed by atoms with van der Waals surface area (Å²) < 4.78 is 10.4. The summed E-state index contributed by atoms with van der Waals surface area (Å²) in [6.45, 7) is 1.10. The van der Waals surface area contributed by atoms with E-state index >= 15 is 0 Å². The fourth-order valence-corrected chi connectivity index (χ4v) is 1.24. The minimum absolute atomic E-state index is 0. The largest absolute Gasteiger partial charge is 0.454 e. The Labute approximate surface area is 101 Å². The van der Waals surface area contributed by atoms with Gasteiger partial charge in [-0.25, -0.2) is 0 Å². The summed E-state index contributed by atoms with van der Waals surface area (Å²) in [4.78, 5) is 0. The van der Waals surface area contributed by atoms with Crippen molar-refractivity contribution in [2.24, 2.45) is 0 Å². The lowest BCUT2D eigenvalue weighted by Gasteiger charge is -2.03. The molecule has 4 nitrogen and oxygen atoms in total. The number of hydrogen-bond donors (Lipinski definition) is 2. The molecule has 0 radical (unpaired) electrons. The van der Waals surface area contributed by atoms with Gasteiger partial charge in [0.15, 0.2) is 11.5 Å². The molecule has 0 saturated carbocycles. The van der Waals surface area contributed by atoms with Gasteiger partial charge < -0.3 is 9.47 Å². The van der Waals surface area contributed by atoms with E-state index < -0.39 is 0 Å². The number of hydrogen-bond acceptors (Lipinski definition) is 4. The fourth-order valence-electron chi connectivity index (χ4n) is 1.24. The van der Waals surface area contributed by atoms with E-state index in [1.807, 2.05) is 25.2 Å². The Morgan fingerprint density at radius 3 is 2.67 bits per heavy atom. The lowest BCUT2D eigenvalue weighted by Crippen LogP contribution is -2.26. The summed E-state index contributed by atoms with van der Waals surface area (Å²) in [6.07, 6.45) is 0. The van der Waals surface area contributed by atoms with Crippen LogP contribution in [0.4, 0.5) is 0 Å². The van der Waals surface area contributed by atoms with Crippen molar-refractivity contribution in [1.29, 1.82) is 0 Å². The highest BCUT2D eigenvalue weighted by Crippen LogP contribution is 2.32. The first kappa shape index (κ1) is 14.3. The zero-order chi connectivity index (χ0) is 9.10. The first-order valence-corrected chi connectivity index (χ1v) is 4.18. The summed E-state index contributed by atoms with van der Waals surface area (Å²) in [5, 5.41) is 0. The van der Waals surface area contributed by atoms with Crippen molar-refractivity contribution in [3.63, 3.8) is 0 Å². The second-order valence-corrected chi connectivity index (χ2v) is 2.79. The summed E-state index contributed by atoms with van der Waals surface area (Å²) in [6, 6.07) is 5.92. The monoisotopic (exact) mass is 252 g/mol. The highest BCUT2D eigenvalue weighted by Gasteiger charge is 2.12. The first-order chi connectivity index (χ1) is 6.40. The third-order valence-electron chi connectivity index (χ3n) is 1.91. The lowest BCUT2D eigenvalue weighted by molar-refractivity contribution is 0.174. The van der Waals surface area contributed by atoms with E-state index in [0.29, 0.717) is 6.79 Å². The van der Waals surface area contributed by atoms with Crippen molar-refractivity contribution in [2.45, 2.75) is 6.54 Å². The second kappa shape index (κ2) is 6.74. The van der Waals surface area contributed by atoms with E-state index in [1.54, 1.807) is 0 Å². The number of halogens is 2. The predicted octanol–water partition coefficient (Wildman–Crippen LogP) is 1.48. The van der Waals surface area contributed by atoms with Crippen LogP contribution in [0, 0.1) is 0 Å². The second-order valence-electron chi connectivity index (χ2n) is 2.79. The molecule has 0 spiro atoms. The zero-order valence-electron chi connectivity index (χ0n) is 8.28. The maximum absolute atomic E-state index is 5.25. The van der Waals surface area contributed by atoms with Crippen LogP contribution in [0.5, 0.6) is 11.5 Å². The molecule has 2 rings (SSSR count). The third kappa shape index (κ3) is 3.43. The lowest BCUT2D eigenvalue weighted by atomic mass is 10.2. The molecular formula is C9H14Cl2N2O2. The van der Waals surface area contributed by atoms with Crippen molar-refractivity contribution in [3.8, 4) is 11.5 Å². The van der Waals surface area contributed by atoms with Crippen LogP contribution in [0.3, 0.4) is 0 Å². The molecule has 0 fully saturated rings. The molecule has 0 amide bonds. The van der Waals surface area contributed by atoms with Gasteiger partial charge >= 0.3 is 0 Å². The maximum Gasteiger partial charge on any atom is 0.231 e. The summed E-state index contributed by atoms with van der Waals surface area (Å²) in [5.41, 5.74) is 7.04. The van der Waals surface area contributed by atoms with Crippen molar-refractivity contribution in [3.05, 3.63) is 23.8 Å². The quantitative estimate of drug-likeness (QED) is 0.801. The van der Waals surface area contributed by atoms with Crippen molar-refractivity contribution in [1.82, 2.24) is 10.9 Å². The highest BCUT2D eigenvalue weighted by atomic mass is 35.5. The van der Waals surface area contributed by atoms with E-state index in [1.165, 1.54) is 5.56 Å². The number of ether oxygens (including phenoxy) is 2. The van der Waals surface area contributed by atoms with Crippen LogP contribution in [0.25, 0.3) is 0 Å². The smallest absolute Gasteiger partial charge is 0.231 e. The minimum atomic E-state index is 0. The van der Waals surface area contributed by atoms with Gasteiger partial charge in [-0.15, -0.1) is 24.8 Å². The van der Waals surface area contributed by atoms with Gasteiger partial charge in [0.25, 0.3) is 0 Å². The Bertz CT molecular complexity index is 310. The van der Waals surface area contributed by atoms with Crippen molar-refractivity contribution >= 4 is 24.8 Å². The number of fused-ring (bicyclic) bond motifs is 1. The molecule has 1 heterocycles. The van der Waals surface area contributed by atoms with E-state index in [4.69, 9.17) is 9.47 Å². The van der Waals surface area contributed by atoms with Gasteiger partial charge in [-0.3, -0.25) is 10.9 Å². The summed E-state index contributed by atoms with van der Waals surface area (Å²) >= 11 is 0. The van der Waals surface area contributed by atoms with Gasteiger partial charge in [0.1, 0.15) is 0 Å². The first-order valence-electron chi connectivity index (χ1n) is 4.18. The van der Waals surface area contributed by atoms with Crippen molar-refractivity contribution < 1.29 is 9.47 Å². The summed E-state index contributed by atoms with van der Waals surface area (Å²) in [5.74, 6) is 1.66. The molecule has 0 aromatic heterocycles. The van der Waals surface area contributed by atoms with E-state index in [9.17, 15) is 0 Å². The molecule has 2 N–H and O–H groups in total. The molecule has 0 bridgehead atoms. The van der Waals surface area contributed by atoms with Gasteiger partial charge in [0.2, 0.25) is 6.79 Å². The van der Waals surface area contributed by atoms with Gasteiger partial charge in [-0.1, -0.05) is 6.07 Å². The van der Waals surface area contributed by atoms with Crippen LogP contribution in [0.15, 0.2) is 18.2 Å². The van der Waals surface area contributed by atoms with Gasteiger partial charge in [0, 0.05) is 6.54 Å². The molecular weight excluding hydrogens is 239 g/mol. The molecule has 1 aliphatic rings. The van der Waals surface area contributed by atoms with Crippen molar-refractivity contribution in [2.75, 3.05) is 13.8 Å². The standard InChI is InChI=1S/C9H12N2O2.2ClH/c1-10-11-5-7-2-3-8-9(4-7)13-6-12-8;;/h2-4,10-11H,5-6H2,1H3;2*1H. The Balaban J connectivity index is 0.000000980.